The SMILES string of the molecule is Cc1onc(-c2c(F)cccc2Cl)c1C(=O)OCC(=O)c1cc(F)ccc1F. The lowest BCUT2D eigenvalue weighted by Crippen LogP contribution is -2.16. The highest BCUT2D eigenvalue weighted by molar-refractivity contribution is 6.33. The number of aromatic nitrogens is 1. The summed E-state index contributed by atoms with van der Waals surface area (Å²) in [5.74, 6) is -4.52. The summed E-state index contributed by atoms with van der Waals surface area (Å²) in [5, 5.41) is 3.63. The summed E-state index contributed by atoms with van der Waals surface area (Å²) in [4.78, 5) is 24.5. The highest BCUT2D eigenvalue weighted by Crippen LogP contribution is 2.33. The lowest BCUT2D eigenvalue weighted by molar-refractivity contribution is 0.0472. The lowest BCUT2D eigenvalue weighted by atomic mass is 10.1. The third kappa shape index (κ3) is 3.77. The van der Waals surface area contributed by atoms with Gasteiger partial charge in [0.1, 0.15) is 34.5 Å². The fourth-order valence-electron chi connectivity index (χ4n) is 2.50. The molecule has 0 radical (unpaired) electrons. The van der Waals surface area contributed by atoms with Gasteiger partial charge in [0.15, 0.2) is 6.61 Å². The largest absolute Gasteiger partial charge is 0.454 e. The molecule has 3 rings (SSSR count). The Morgan fingerprint density at radius 1 is 1.14 bits per heavy atom. The van der Waals surface area contributed by atoms with Crippen LogP contribution in [0.2, 0.25) is 5.02 Å². The van der Waals surface area contributed by atoms with E-state index in [4.69, 9.17) is 20.9 Å². The zero-order valence-corrected chi connectivity index (χ0v) is 15.0. The van der Waals surface area contributed by atoms with E-state index in [9.17, 15) is 22.8 Å². The van der Waals surface area contributed by atoms with Crippen LogP contribution in [0.3, 0.4) is 0 Å². The minimum atomic E-state index is -1.06. The van der Waals surface area contributed by atoms with Crippen molar-refractivity contribution in [1.82, 2.24) is 5.16 Å². The van der Waals surface area contributed by atoms with Crippen LogP contribution in [0.25, 0.3) is 11.3 Å². The number of hydrogen-bond acceptors (Lipinski definition) is 5. The van der Waals surface area contributed by atoms with Crippen molar-refractivity contribution < 1.29 is 32.0 Å². The fourth-order valence-corrected chi connectivity index (χ4v) is 2.75. The number of halogens is 4. The number of Topliss-reactive ketones (excluding diaryl/α,β-unsaturated/α-hetero) is 1. The van der Waals surface area contributed by atoms with Crippen molar-refractivity contribution in [1.29, 1.82) is 0 Å². The van der Waals surface area contributed by atoms with Crippen LogP contribution in [-0.2, 0) is 4.74 Å². The van der Waals surface area contributed by atoms with Gasteiger partial charge in [-0.25, -0.2) is 18.0 Å². The van der Waals surface area contributed by atoms with Crippen molar-refractivity contribution in [2.75, 3.05) is 6.61 Å². The van der Waals surface area contributed by atoms with Gasteiger partial charge in [-0.2, -0.15) is 0 Å². The molecule has 0 bridgehead atoms. The number of carbonyl (C=O) groups excluding carboxylic acids is 2. The number of hydrogen-bond donors (Lipinski definition) is 0. The van der Waals surface area contributed by atoms with Gasteiger partial charge in [-0.15, -0.1) is 0 Å². The number of esters is 1. The number of benzene rings is 2. The Morgan fingerprint density at radius 2 is 1.89 bits per heavy atom. The summed E-state index contributed by atoms with van der Waals surface area (Å²) in [6, 6.07) is 6.22. The first-order valence-electron chi connectivity index (χ1n) is 7.85. The minimum absolute atomic E-state index is 0.00343. The Hall–Kier alpha value is -3.13. The second kappa shape index (κ2) is 7.85. The standard InChI is InChI=1S/C19H11ClF3NO4/c1-9-16(18(24-28-9)17-12(20)3-2-4-14(17)23)19(26)27-8-15(25)11-7-10(21)5-6-13(11)22/h2-7H,8H2,1H3. The van der Waals surface area contributed by atoms with Crippen molar-refractivity contribution in [3.8, 4) is 11.3 Å². The molecular formula is C19H11ClF3NO4. The second-order valence-corrected chi connectivity index (χ2v) is 6.09. The van der Waals surface area contributed by atoms with Crippen LogP contribution >= 0.6 is 11.6 Å². The highest BCUT2D eigenvalue weighted by Gasteiger charge is 2.27. The number of carbonyl (C=O) groups is 2. The van der Waals surface area contributed by atoms with Crippen LogP contribution in [0.5, 0.6) is 0 Å². The summed E-state index contributed by atoms with van der Waals surface area (Å²) >= 11 is 5.98. The Kier molecular flexibility index (Phi) is 5.51. The van der Waals surface area contributed by atoms with Gasteiger partial charge in [-0.1, -0.05) is 22.8 Å². The molecule has 0 aliphatic rings. The number of nitrogens with zero attached hydrogens (tertiary/aromatic N) is 1. The van der Waals surface area contributed by atoms with Gasteiger partial charge in [0.2, 0.25) is 5.78 Å². The molecule has 28 heavy (non-hydrogen) atoms. The highest BCUT2D eigenvalue weighted by atomic mass is 35.5. The molecule has 0 unspecified atom stereocenters. The monoisotopic (exact) mass is 409 g/mol. The van der Waals surface area contributed by atoms with Gasteiger partial charge in [0.05, 0.1) is 16.1 Å². The van der Waals surface area contributed by atoms with Crippen LogP contribution in [0.15, 0.2) is 40.9 Å². The van der Waals surface area contributed by atoms with Crippen molar-refractivity contribution in [3.63, 3.8) is 0 Å². The maximum Gasteiger partial charge on any atom is 0.344 e. The number of ketones is 1. The first kappa shape index (κ1) is 19.6. The molecule has 1 heterocycles. The molecule has 0 atom stereocenters. The smallest absolute Gasteiger partial charge is 0.344 e. The molecule has 2 aromatic carbocycles. The Balaban J connectivity index is 1.85. The first-order valence-corrected chi connectivity index (χ1v) is 8.23. The summed E-state index contributed by atoms with van der Waals surface area (Å²) in [5.41, 5.74) is -1.17. The molecule has 1 aromatic heterocycles. The topological polar surface area (TPSA) is 69.4 Å². The van der Waals surface area contributed by atoms with Gasteiger partial charge in [0.25, 0.3) is 0 Å². The van der Waals surface area contributed by atoms with Gasteiger partial charge in [-0.05, 0) is 37.3 Å². The predicted molar refractivity (Wildman–Crippen MR) is 92.6 cm³/mol. The van der Waals surface area contributed by atoms with Crippen LogP contribution < -0.4 is 0 Å². The third-order valence-corrected chi connectivity index (χ3v) is 4.14. The van der Waals surface area contributed by atoms with E-state index in [1.807, 2.05) is 0 Å². The van der Waals surface area contributed by atoms with Gasteiger partial charge in [0, 0.05) is 0 Å². The quantitative estimate of drug-likeness (QED) is 0.449. The molecule has 0 amide bonds. The lowest BCUT2D eigenvalue weighted by Gasteiger charge is -2.07. The summed E-state index contributed by atoms with van der Waals surface area (Å²) < 4.78 is 50.8. The first-order chi connectivity index (χ1) is 13.3. The Labute approximate surface area is 161 Å². The van der Waals surface area contributed by atoms with Crippen LogP contribution in [0, 0.1) is 24.4 Å². The number of ether oxygens (including phenoxy) is 1. The Morgan fingerprint density at radius 3 is 2.61 bits per heavy atom. The third-order valence-electron chi connectivity index (χ3n) is 3.83. The number of aryl methyl sites for hydroxylation is 1. The molecule has 9 heteroatoms. The van der Waals surface area contributed by atoms with Gasteiger partial charge in [-0.3, -0.25) is 4.79 Å². The normalized spacial score (nSPS) is 10.8. The molecule has 0 fully saturated rings. The van der Waals surface area contributed by atoms with Gasteiger partial charge >= 0.3 is 5.97 Å². The second-order valence-electron chi connectivity index (χ2n) is 5.68. The van der Waals surface area contributed by atoms with E-state index in [1.165, 1.54) is 19.1 Å². The zero-order valence-electron chi connectivity index (χ0n) is 14.3. The summed E-state index contributed by atoms with van der Waals surface area (Å²) in [7, 11) is 0. The van der Waals surface area contributed by atoms with Crippen LogP contribution in [0.1, 0.15) is 26.5 Å². The molecule has 0 saturated heterocycles. The molecule has 5 nitrogen and oxygen atoms in total. The van der Waals surface area contributed by atoms with E-state index < -0.39 is 41.4 Å². The summed E-state index contributed by atoms with van der Waals surface area (Å²) in [6.07, 6.45) is 0. The van der Waals surface area contributed by atoms with E-state index in [-0.39, 0.29) is 27.6 Å². The molecular weight excluding hydrogens is 399 g/mol. The maximum atomic E-state index is 14.2. The van der Waals surface area contributed by atoms with E-state index in [0.29, 0.717) is 6.07 Å². The minimum Gasteiger partial charge on any atom is -0.454 e. The average Bonchev–Trinajstić information content (AvgIpc) is 3.02. The van der Waals surface area contributed by atoms with Gasteiger partial charge < -0.3 is 9.26 Å². The number of rotatable bonds is 5. The molecule has 144 valence electrons. The average molecular weight is 410 g/mol. The molecule has 0 aliphatic carbocycles. The van der Waals surface area contributed by atoms with Crippen LogP contribution in [0.4, 0.5) is 13.2 Å². The summed E-state index contributed by atoms with van der Waals surface area (Å²) in [6.45, 7) is 0.518. The van der Waals surface area contributed by atoms with E-state index in [0.717, 1.165) is 18.2 Å². The maximum absolute atomic E-state index is 14.2. The fraction of sp³-hybridized carbons (Fsp3) is 0.105. The van der Waals surface area contributed by atoms with Crippen molar-refractivity contribution in [2.45, 2.75) is 6.92 Å². The molecule has 0 spiro atoms. The zero-order chi connectivity index (χ0) is 20.4. The molecule has 0 aliphatic heterocycles. The van der Waals surface area contributed by atoms with Crippen molar-refractivity contribution in [2.24, 2.45) is 0 Å². The van der Waals surface area contributed by atoms with Crippen molar-refractivity contribution >= 4 is 23.4 Å². The Bertz CT molecular complexity index is 1060. The van der Waals surface area contributed by atoms with Crippen molar-refractivity contribution in [3.05, 3.63) is 75.8 Å². The molecule has 0 N–H and O–H groups in total. The molecule has 0 saturated carbocycles. The van der Waals surface area contributed by atoms with E-state index in [1.54, 1.807) is 0 Å². The molecule has 3 aromatic rings. The van der Waals surface area contributed by atoms with E-state index in [2.05, 4.69) is 5.16 Å². The predicted octanol–water partition coefficient (Wildman–Crippen LogP) is 4.76. The van der Waals surface area contributed by atoms with E-state index >= 15 is 0 Å². The van der Waals surface area contributed by atoms with Crippen LogP contribution in [-0.4, -0.2) is 23.5 Å².